The van der Waals surface area contributed by atoms with E-state index in [1.54, 1.807) is 0 Å². The van der Waals surface area contributed by atoms with Gasteiger partial charge in [0, 0.05) is 6.92 Å². The fraction of sp³-hybridized carbons (Fsp3) is 0.846. The molecule has 24 heavy (non-hydrogen) atoms. The highest BCUT2D eigenvalue weighted by molar-refractivity contribution is 5.73. The van der Waals surface area contributed by atoms with Crippen LogP contribution in [0.25, 0.3) is 0 Å². The third-order valence-corrected chi connectivity index (χ3v) is 3.72. The van der Waals surface area contributed by atoms with Crippen molar-refractivity contribution in [3.05, 3.63) is 0 Å². The van der Waals surface area contributed by atoms with Gasteiger partial charge in [-0.05, 0) is 6.42 Å². The highest BCUT2D eigenvalue weighted by Gasteiger charge is 2.84. The van der Waals surface area contributed by atoms with Crippen molar-refractivity contribution in [2.24, 2.45) is 5.92 Å². The molecule has 1 heterocycles. The number of carbonyl (C=O) groups is 2. The fourth-order valence-corrected chi connectivity index (χ4v) is 1.90. The van der Waals surface area contributed by atoms with Crippen LogP contribution >= 0.6 is 0 Å². The van der Waals surface area contributed by atoms with Crippen LogP contribution in [-0.4, -0.2) is 53.7 Å². The first-order valence-electron chi connectivity index (χ1n) is 6.91. The first kappa shape index (κ1) is 20.6. The maximum absolute atomic E-state index is 14.4. The average Bonchev–Trinajstić information content (AvgIpc) is 2.65. The van der Waals surface area contributed by atoms with Gasteiger partial charge in [-0.25, -0.2) is 0 Å². The second kappa shape index (κ2) is 6.43. The Morgan fingerprint density at radius 3 is 2.25 bits per heavy atom. The second-order valence-electron chi connectivity index (χ2n) is 5.51. The van der Waals surface area contributed by atoms with Gasteiger partial charge >= 0.3 is 29.8 Å². The average molecular weight is 364 g/mol. The summed E-state index contributed by atoms with van der Waals surface area (Å²) < 4.78 is 80.2. The number of esters is 2. The number of carbonyl (C=O) groups excluding carboxylic acids is 2. The van der Waals surface area contributed by atoms with Gasteiger partial charge in [0.1, 0.15) is 13.2 Å². The molecule has 0 bridgehead atoms. The summed E-state index contributed by atoms with van der Waals surface area (Å²) in [6, 6.07) is 0. The molecule has 3 atom stereocenters. The first-order valence-corrected chi connectivity index (χ1v) is 6.91. The third kappa shape index (κ3) is 3.18. The van der Waals surface area contributed by atoms with Crippen molar-refractivity contribution in [1.29, 1.82) is 0 Å². The standard InChI is InChI=1S/C13H17F5O6/c1-4-7(2)9(20)24-10(5-22-8(3)19)6-23-12(21,11(10,14)15)13(16,17)18/h7,21H,4-6H2,1-3H3. The van der Waals surface area contributed by atoms with Gasteiger partial charge in [0.2, 0.25) is 5.60 Å². The molecule has 0 spiro atoms. The van der Waals surface area contributed by atoms with Crippen molar-refractivity contribution < 1.29 is 50.9 Å². The van der Waals surface area contributed by atoms with Crippen LogP contribution in [0.5, 0.6) is 0 Å². The highest BCUT2D eigenvalue weighted by Crippen LogP contribution is 2.54. The molecule has 3 unspecified atom stereocenters. The lowest BCUT2D eigenvalue weighted by atomic mass is 9.92. The first-order chi connectivity index (χ1) is 10.7. The SMILES string of the molecule is CCC(C)C(=O)OC1(COC(C)=O)COC(O)(C(F)(F)F)C1(F)F. The van der Waals surface area contributed by atoms with E-state index in [0.717, 1.165) is 6.92 Å². The third-order valence-electron chi connectivity index (χ3n) is 3.72. The Balaban J connectivity index is 3.29. The van der Waals surface area contributed by atoms with Crippen molar-refractivity contribution in [3.63, 3.8) is 0 Å². The van der Waals surface area contributed by atoms with Crippen LogP contribution in [0.15, 0.2) is 0 Å². The van der Waals surface area contributed by atoms with Crippen molar-refractivity contribution in [2.45, 2.75) is 50.7 Å². The second-order valence-corrected chi connectivity index (χ2v) is 5.51. The molecule has 0 radical (unpaired) electrons. The molecule has 1 aliphatic rings. The van der Waals surface area contributed by atoms with Crippen molar-refractivity contribution in [1.82, 2.24) is 0 Å². The quantitative estimate of drug-likeness (QED) is 0.592. The monoisotopic (exact) mass is 364 g/mol. The maximum Gasteiger partial charge on any atom is 0.449 e. The normalized spacial score (nSPS) is 30.7. The maximum atomic E-state index is 14.4. The number of rotatable bonds is 5. The summed E-state index contributed by atoms with van der Waals surface area (Å²) in [4.78, 5) is 22.7. The van der Waals surface area contributed by atoms with Gasteiger partial charge in [0.05, 0.1) is 5.92 Å². The number of hydrogen-bond donors (Lipinski definition) is 1. The Bertz CT molecular complexity index is 508. The summed E-state index contributed by atoms with van der Waals surface area (Å²) >= 11 is 0. The lowest BCUT2D eigenvalue weighted by Gasteiger charge is -2.37. The Labute approximate surface area is 133 Å². The minimum atomic E-state index is -5.88. The molecule has 140 valence electrons. The van der Waals surface area contributed by atoms with Gasteiger partial charge in [0.15, 0.2) is 0 Å². The highest BCUT2D eigenvalue weighted by atomic mass is 19.4. The molecule has 1 fully saturated rings. The number of ether oxygens (including phenoxy) is 3. The van der Waals surface area contributed by atoms with E-state index in [-0.39, 0.29) is 6.42 Å². The molecule has 11 heteroatoms. The van der Waals surface area contributed by atoms with Crippen LogP contribution in [-0.2, 0) is 23.8 Å². The van der Waals surface area contributed by atoms with Gasteiger partial charge in [-0.2, -0.15) is 22.0 Å². The van der Waals surface area contributed by atoms with E-state index >= 15 is 0 Å². The molecular formula is C13H17F5O6. The number of alkyl halides is 5. The van der Waals surface area contributed by atoms with Crippen LogP contribution < -0.4 is 0 Å². The molecular weight excluding hydrogens is 347 g/mol. The minimum Gasteiger partial charge on any atom is -0.461 e. The topological polar surface area (TPSA) is 82.1 Å². The van der Waals surface area contributed by atoms with Crippen molar-refractivity contribution in [2.75, 3.05) is 13.2 Å². The number of aliphatic hydroxyl groups is 1. The molecule has 0 aromatic carbocycles. The van der Waals surface area contributed by atoms with Gasteiger partial charge in [0.25, 0.3) is 0 Å². The summed E-state index contributed by atoms with van der Waals surface area (Å²) in [6.45, 7) is 0.751. The molecule has 0 aromatic rings. The zero-order valence-electron chi connectivity index (χ0n) is 13.1. The zero-order valence-corrected chi connectivity index (χ0v) is 13.1. The molecule has 1 N–H and O–H groups in total. The summed E-state index contributed by atoms with van der Waals surface area (Å²) in [5.74, 6) is -13.2. The van der Waals surface area contributed by atoms with E-state index in [1.807, 2.05) is 0 Å². The fourth-order valence-electron chi connectivity index (χ4n) is 1.90. The van der Waals surface area contributed by atoms with Crippen molar-refractivity contribution >= 4 is 11.9 Å². The molecule has 1 aliphatic heterocycles. The predicted molar refractivity (Wildman–Crippen MR) is 66.8 cm³/mol. The van der Waals surface area contributed by atoms with E-state index in [2.05, 4.69) is 14.2 Å². The van der Waals surface area contributed by atoms with E-state index in [0.29, 0.717) is 0 Å². The Morgan fingerprint density at radius 1 is 1.33 bits per heavy atom. The van der Waals surface area contributed by atoms with Crippen LogP contribution in [0.1, 0.15) is 27.2 Å². The zero-order chi connectivity index (χ0) is 19.0. The van der Waals surface area contributed by atoms with E-state index < -0.39 is 54.6 Å². The lowest BCUT2D eigenvalue weighted by molar-refractivity contribution is -0.410. The Morgan fingerprint density at radius 2 is 1.88 bits per heavy atom. The summed E-state index contributed by atoms with van der Waals surface area (Å²) in [5, 5.41) is 9.34. The molecule has 6 nitrogen and oxygen atoms in total. The summed E-state index contributed by atoms with van der Waals surface area (Å²) in [5.41, 5.74) is -3.30. The minimum absolute atomic E-state index is 0.165. The van der Waals surface area contributed by atoms with E-state index in [4.69, 9.17) is 0 Å². The Kier molecular flexibility index (Phi) is 5.51. The van der Waals surface area contributed by atoms with E-state index in [1.165, 1.54) is 13.8 Å². The molecule has 1 rings (SSSR count). The van der Waals surface area contributed by atoms with Crippen LogP contribution in [0.4, 0.5) is 22.0 Å². The molecule has 0 aliphatic carbocycles. The van der Waals surface area contributed by atoms with Crippen LogP contribution in [0.3, 0.4) is 0 Å². The lowest BCUT2D eigenvalue weighted by Crippen LogP contribution is -2.66. The molecule has 1 saturated heterocycles. The number of halogens is 5. The largest absolute Gasteiger partial charge is 0.461 e. The van der Waals surface area contributed by atoms with Crippen LogP contribution in [0.2, 0.25) is 0 Å². The molecule has 0 aromatic heterocycles. The van der Waals surface area contributed by atoms with Crippen molar-refractivity contribution in [3.8, 4) is 0 Å². The van der Waals surface area contributed by atoms with Gasteiger partial charge < -0.3 is 19.3 Å². The molecule has 0 amide bonds. The van der Waals surface area contributed by atoms with E-state index in [9.17, 15) is 36.6 Å². The number of hydrogen-bond acceptors (Lipinski definition) is 6. The smallest absolute Gasteiger partial charge is 0.449 e. The Hall–Kier alpha value is -1.49. The van der Waals surface area contributed by atoms with Gasteiger partial charge in [-0.3, -0.25) is 9.59 Å². The summed E-state index contributed by atoms with van der Waals surface area (Å²) in [7, 11) is 0. The van der Waals surface area contributed by atoms with Gasteiger partial charge in [-0.15, -0.1) is 0 Å². The summed E-state index contributed by atoms with van der Waals surface area (Å²) in [6.07, 6.45) is -5.71. The predicted octanol–water partition coefficient (Wildman–Crippen LogP) is 1.79. The van der Waals surface area contributed by atoms with Gasteiger partial charge in [-0.1, -0.05) is 13.8 Å². The molecule has 0 saturated carbocycles. The van der Waals surface area contributed by atoms with Crippen LogP contribution in [0, 0.1) is 5.92 Å².